The number of halogens is 2. The van der Waals surface area contributed by atoms with Gasteiger partial charge in [-0.25, -0.2) is 12.8 Å². The fraction of sp³-hybridized carbons (Fsp3) is 0.476. The third-order valence-electron chi connectivity index (χ3n) is 6.16. The normalized spacial score (nSPS) is 19.9. The lowest BCUT2D eigenvalue weighted by Crippen LogP contribution is -2.46. The minimum atomic E-state index is -3.75. The zero-order valence-electron chi connectivity index (χ0n) is 16.6. The van der Waals surface area contributed by atoms with Crippen molar-refractivity contribution in [1.82, 2.24) is 13.8 Å². The van der Waals surface area contributed by atoms with E-state index in [1.165, 1.54) is 10.4 Å². The molecule has 4 rings (SSSR count). The number of rotatable bonds is 4. The monoisotopic (exact) mass is 453 g/mol. The van der Waals surface area contributed by atoms with Gasteiger partial charge in [0.1, 0.15) is 5.82 Å². The first-order valence-electron chi connectivity index (χ1n) is 10.2. The van der Waals surface area contributed by atoms with Crippen LogP contribution < -0.4 is 0 Å². The molecule has 2 fully saturated rings. The van der Waals surface area contributed by atoms with Gasteiger partial charge in [0.05, 0.1) is 9.92 Å². The van der Waals surface area contributed by atoms with E-state index in [2.05, 4.69) is 17.0 Å². The van der Waals surface area contributed by atoms with E-state index in [1.54, 1.807) is 0 Å². The van der Waals surface area contributed by atoms with Crippen LogP contribution >= 0.6 is 11.6 Å². The molecule has 0 bridgehead atoms. The van der Waals surface area contributed by atoms with Crippen molar-refractivity contribution in [3.05, 3.63) is 53.6 Å². The molecule has 6 nitrogen and oxygen atoms in total. The Morgan fingerprint density at radius 1 is 1.00 bits per heavy atom. The molecular formula is C21H25ClFN3O3S. The lowest BCUT2D eigenvalue weighted by molar-refractivity contribution is -0.138. The summed E-state index contributed by atoms with van der Waals surface area (Å²) in [6.45, 7) is 2.00. The van der Waals surface area contributed by atoms with E-state index >= 15 is 0 Å². The van der Waals surface area contributed by atoms with Crippen molar-refractivity contribution in [2.45, 2.75) is 36.6 Å². The molecule has 1 amide bonds. The van der Waals surface area contributed by atoms with Gasteiger partial charge in [0.15, 0.2) is 0 Å². The Hall–Kier alpha value is -1.90. The quantitative estimate of drug-likeness (QED) is 0.711. The van der Waals surface area contributed by atoms with Crippen molar-refractivity contribution in [3.63, 3.8) is 0 Å². The Morgan fingerprint density at radius 2 is 1.63 bits per heavy atom. The first-order chi connectivity index (χ1) is 14.4. The SMILES string of the molecule is O=C(C1CCN(S(=O)(=O)c2ccc(F)c(Cl)c2)CC1)N1CCC(n2cccc2)CC1. The van der Waals surface area contributed by atoms with Gasteiger partial charge in [-0.2, -0.15) is 4.31 Å². The Kier molecular flexibility index (Phi) is 6.18. The van der Waals surface area contributed by atoms with Crippen molar-refractivity contribution in [1.29, 1.82) is 0 Å². The Balaban J connectivity index is 1.33. The summed E-state index contributed by atoms with van der Waals surface area (Å²) in [6, 6.07) is 7.88. The first kappa shape index (κ1) is 21.3. The molecule has 9 heteroatoms. The summed E-state index contributed by atoms with van der Waals surface area (Å²) in [5.41, 5.74) is 0. The lowest BCUT2D eigenvalue weighted by atomic mass is 9.95. The summed E-state index contributed by atoms with van der Waals surface area (Å²) >= 11 is 5.74. The smallest absolute Gasteiger partial charge is 0.243 e. The van der Waals surface area contributed by atoms with Crippen LogP contribution in [0.15, 0.2) is 47.6 Å². The largest absolute Gasteiger partial charge is 0.351 e. The molecule has 162 valence electrons. The van der Waals surface area contributed by atoms with Crippen molar-refractivity contribution >= 4 is 27.5 Å². The Morgan fingerprint density at radius 3 is 2.23 bits per heavy atom. The molecule has 2 aliphatic rings. The number of nitrogens with zero attached hydrogens (tertiary/aromatic N) is 3. The van der Waals surface area contributed by atoms with Gasteiger partial charge in [0, 0.05) is 50.5 Å². The molecule has 3 heterocycles. The van der Waals surface area contributed by atoms with Crippen LogP contribution in [0.3, 0.4) is 0 Å². The molecule has 1 aromatic carbocycles. The highest BCUT2D eigenvalue weighted by molar-refractivity contribution is 7.89. The van der Waals surface area contributed by atoms with E-state index in [4.69, 9.17) is 11.6 Å². The predicted molar refractivity (Wildman–Crippen MR) is 112 cm³/mol. The minimum Gasteiger partial charge on any atom is -0.351 e. The van der Waals surface area contributed by atoms with Gasteiger partial charge in [0.25, 0.3) is 0 Å². The van der Waals surface area contributed by atoms with Crippen molar-refractivity contribution < 1.29 is 17.6 Å². The summed E-state index contributed by atoms with van der Waals surface area (Å²) in [4.78, 5) is 14.8. The molecule has 0 unspecified atom stereocenters. The molecule has 0 saturated carbocycles. The highest BCUT2D eigenvalue weighted by Crippen LogP contribution is 2.29. The van der Waals surface area contributed by atoms with Crippen LogP contribution in [-0.4, -0.2) is 54.3 Å². The van der Waals surface area contributed by atoms with E-state index in [0.29, 0.717) is 18.9 Å². The van der Waals surface area contributed by atoms with Gasteiger partial charge in [0.2, 0.25) is 15.9 Å². The number of likely N-dealkylation sites (tertiary alicyclic amines) is 1. The standard InChI is InChI=1S/C21H25ClFN3O3S/c22-19-15-18(3-4-20(19)23)30(28,29)26-13-5-16(6-14-26)21(27)25-11-7-17(8-12-25)24-9-1-2-10-24/h1-4,9-10,15-17H,5-8,11-14H2. The topological polar surface area (TPSA) is 62.6 Å². The number of carbonyl (C=O) groups excluding carboxylic acids is 1. The predicted octanol–water partition coefficient (Wildman–Crippen LogP) is 3.55. The fourth-order valence-corrected chi connectivity index (χ4v) is 6.11. The highest BCUT2D eigenvalue weighted by Gasteiger charge is 2.35. The third kappa shape index (κ3) is 4.26. The zero-order valence-corrected chi connectivity index (χ0v) is 18.2. The van der Waals surface area contributed by atoms with Crippen LogP contribution in [0.5, 0.6) is 0 Å². The second-order valence-electron chi connectivity index (χ2n) is 7.94. The number of hydrogen-bond acceptors (Lipinski definition) is 3. The Bertz CT molecular complexity index is 997. The average molecular weight is 454 g/mol. The molecule has 1 aromatic heterocycles. The molecule has 0 atom stereocenters. The Labute approximate surface area is 181 Å². The van der Waals surface area contributed by atoms with Gasteiger partial charge >= 0.3 is 0 Å². The molecule has 0 N–H and O–H groups in total. The summed E-state index contributed by atoms with van der Waals surface area (Å²) in [5.74, 6) is -0.681. The van der Waals surface area contributed by atoms with Gasteiger partial charge in [-0.15, -0.1) is 0 Å². The van der Waals surface area contributed by atoms with Gasteiger partial charge in [-0.1, -0.05) is 11.6 Å². The number of amides is 1. The minimum absolute atomic E-state index is 0.0224. The van der Waals surface area contributed by atoms with E-state index < -0.39 is 15.8 Å². The van der Waals surface area contributed by atoms with E-state index in [1.807, 2.05) is 17.0 Å². The maximum absolute atomic E-state index is 13.4. The van der Waals surface area contributed by atoms with Crippen LogP contribution in [-0.2, 0) is 14.8 Å². The molecule has 30 heavy (non-hydrogen) atoms. The average Bonchev–Trinajstić information content (AvgIpc) is 3.30. The van der Waals surface area contributed by atoms with Crippen LogP contribution in [0.1, 0.15) is 31.7 Å². The molecule has 2 aromatic rings. The summed E-state index contributed by atoms with van der Waals surface area (Å²) < 4.78 is 42.6. The molecule has 0 spiro atoms. The van der Waals surface area contributed by atoms with E-state index in [0.717, 1.165) is 38.1 Å². The maximum atomic E-state index is 13.4. The van der Waals surface area contributed by atoms with Crippen LogP contribution in [0, 0.1) is 11.7 Å². The maximum Gasteiger partial charge on any atom is 0.243 e. The van der Waals surface area contributed by atoms with E-state index in [9.17, 15) is 17.6 Å². The summed E-state index contributed by atoms with van der Waals surface area (Å²) in [5, 5.41) is -0.218. The van der Waals surface area contributed by atoms with Gasteiger partial charge in [-0.3, -0.25) is 4.79 Å². The highest BCUT2D eigenvalue weighted by atomic mass is 35.5. The fourth-order valence-electron chi connectivity index (χ4n) is 4.36. The van der Waals surface area contributed by atoms with Crippen LogP contribution in [0.4, 0.5) is 4.39 Å². The molecule has 2 saturated heterocycles. The number of hydrogen-bond donors (Lipinski definition) is 0. The van der Waals surface area contributed by atoms with Crippen molar-refractivity contribution in [2.75, 3.05) is 26.2 Å². The number of carbonyl (C=O) groups is 1. The molecule has 0 radical (unpaired) electrons. The lowest BCUT2D eigenvalue weighted by Gasteiger charge is -2.37. The number of benzene rings is 1. The number of piperidine rings is 2. The second kappa shape index (κ2) is 8.69. The van der Waals surface area contributed by atoms with Crippen molar-refractivity contribution in [2.24, 2.45) is 5.92 Å². The van der Waals surface area contributed by atoms with Gasteiger partial charge in [-0.05, 0) is 56.0 Å². The van der Waals surface area contributed by atoms with Crippen LogP contribution in [0.25, 0.3) is 0 Å². The molecule has 0 aliphatic carbocycles. The summed E-state index contributed by atoms with van der Waals surface area (Å²) in [6.07, 6.45) is 6.96. The van der Waals surface area contributed by atoms with Gasteiger partial charge < -0.3 is 9.47 Å². The zero-order chi connectivity index (χ0) is 21.3. The molecule has 2 aliphatic heterocycles. The number of sulfonamides is 1. The van der Waals surface area contributed by atoms with Crippen molar-refractivity contribution in [3.8, 4) is 0 Å². The van der Waals surface area contributed by atoms with Crippen LogP contribution in [0.2, 0.25) is 5.02 Å². The first-order valence-corrected chi connectivity index (χ1v) is 12.0. The van der Waals surface area contributed by atoms with E-state index in [-0.39, 0.29) is 34.8 Å². The second-order valence-corrected chi connectivity index (χ2v) is 10.3. The summed E-state index contributed by atoms with van der Waals surface area (Å²) in [7, 11) is -3.75. The molecular weight excluding hydrogens is 429 g/mol. The number of aromatic nitrogens is 1. The third-order valence-corrected chi connectivity index (χ3v) is 8.34.